The molecule has 2 heterocycles. The van der Waals surface area contributed by atoms with E-state index >= 15 is 0 Å². The molecule has 0 atom stereocenters. The van der Waals surface area contributed by atoms with E-state index in [0.717, 1.165) is 0 Å². The first-order valence-electron chi connectivity index (χ1n) is 5.74. The molecule has 7 nitrogen and oxygen atoms in total. The summed E-state index contributed by atoms with van der Waals surface area (Å²) in [6.07, 6.45) is 1.03. The Balaban J connectivity index is 2.05. The Labute approximate surface area is 104 Å². The van der Waals surface area contributed by atoms with E-state index in [1.807, 2.05) is 0 Å². The highest BCUT2D eigenvalue weighted by Crippen LogP contribution is 2.22. The van der Waals surface area contributed by atoms with Crippen molar-refractivity contribution in [3.8, 4) is 0 Å². The minimum atomic E-state index is -0.724. The lowest BCUT2D eigenvalue weighted by Gasteiger charge is -2.35. The molecule has 0 radical (unpaired) electrons. The van der Waals surface area contributed by atoms with Gasteiger partial charge in [0.05, 0.1) is 5.60 Å². The van der Waals surface area contributed by atoms with Crippen molar-refractivity contribution in [1.82, 2.24) is 9.88 Å². The van der Waals surface area contributed by atoms with Crippen molar-refractivity contribution in [2.75, 3.05) is 13.1 Å². The number of hydrogen-bond donors (Lipinski definition) is 2. The second-order valence-electron chi connectivity index (χ2n) is 4.80. The summed E-state index contributed by atoms with van der Waals surface area (Å²) in [7, 11) is 0. The van der Waals surface area contributed by atoms with Gasteiger partial charge in [0.1, 0.15) is 0 Å². The predicted molar refractivity (Wildman–Crippen MR) is 63.2 cm³/mol. The second kappa shape index (κ2) is 4.41. The van der Waals surface area contributed by atoms with Crippen molar-refractivity contribution >= 4 is 11.7 Å². The van der Waals surface area contributed by atoms with Crippen LogP contribution >= 0.6 is 0 Å². The lowest BCUT2D eigenvalue weighted by Crippen LogP contribution is -2.45. The zero-order valence-electron chi connectivity index (χ0n) is 10.0. The van der Waals surface area contributed by atoms with Crippen molar-refractivity contribution < 1.29 is 14.8 Å². The molecule has 1 amide bonds. The van der Waals surface area contributed by atoms with Crippen LogP contribution in [0, 0.1) is 10.1 Å². The van der Waals surface area contributed by atoms with Gasteiger partial charge in [-0.15, -0.1) is 0 Å². The Morgan fingerprint density at radius 2 is 2.11 bits per heavy atom. The molecule has 0 saturated carbocycles. The molecular weight excluding hydrogens is 238 g/mol. The van der Waals surface area contributed by atoms with E-state index < -0.39 is 10.5 Å². The molecule has 0 aliphatic carbocycles. The number of carbonyl (C=O) groups excluding carboxylic acids is 1. The van der Waals surface area contributed by atoms with Gasteiger partial charge in [0, 0.05) is 19.2 Å². The molecule has 1 aromatic heterocycles. The highest BCUT2D eigenvalue weighted by Gasteiger charge is 2.31. The van der Waals surface area contributed by atoms with Crippen molar-refractivity contribution in [2.24, 2.45) is 0 Å². The summed E-state index contributed by atoms with van der Waals surface area (Å²) in [4.78, 5) is 26.0. The van der Waals surface area contributed by atoms with Crippen LogP contribution < -0.4 is 0 Å². The molecule has 0 aromatic carbocycles. The first-order valence-corrected chi connectivity index (χ1v) is 5.74. The first kappa shape index (κ1) is 12.6. The fraction of sp³-hybridized carbons (Fsp3) is 0.545. The van der Waals surface area contributed by atoms with Crippen LogP contribution in [0.4, 0.5) is 5.82 Å². The fourth-order valence-electron chi connectivity index (χ4n) is 1.98. The van der Waals surface area contributed by atoms with E-state index in [1.54, 1.807) is 11.8 Å². The maximum Gasteiger partial charge on any atom is 0.321 e. The number of nitrogens with zero attached hydrogens (tertiary/aromatic N) is 2. The maximum atomic E-state index is 12.0. The summed E-state index contributed by atoms with van der Waals surface area (Å²) in [5.74, 6) is -0.457. The Bertz CT molecular complexity index is 470. The summed E-state index contributed by atoms with van der Waals surface area (Å²) in [6.45, 7) is 2.66. The highest BCUT2D eigenvalue weighted by atomic mass is 16.6. The third-order valence-electron chi connectivity index (χ3n) is 3.23. The van der Waals surface area contributed by atoms with Gasteiger partial charge in [0.25, 0.3) is 5.91 Å². The zero-order valence-corrected chi connectivity index (χ0v) is 10.0. The molecule has 1 fully saturated rings. The number of amides is 1. The Kier molecular flexibility index (Phi) is 3.08. The average Bonchev–Trinajstić information content (AvgIpc) is 2.77. The number of aromatic nitrogens is 1. The van der Waals surface area contributed by atoms with Crippen molar-refractivity contribution in [3.63, 3.8) is 0 Å². The standard InChI is InChI=1S/C11H15N3O4/c1-11(16)4-6-13(7-5-11)10(15)8-2-3-9(12-8)14(17)18/h2-3,12,16H,4-7H2,1H3. The Morgan fingerprint density at radius 3 is 2.61 bits per heavy atom. The monoisotopic (exact) mass is 253 g/mol. The number of hydrogen-bond acceptors (Lipinski definition) is 4. The smallest absolute Gasteiger partial charge is 0.321 e. The average molecular weight is 253 g/mol. The van der Waals surface area contributed by atoms with Crippen molar-refractivity contribution in [2.45, 2.75) is 25.4 Å². The molecule has 1 aromatic rings. The van der Waals surface area contributed by atoms with E-state index in [1.165, 1.54) is 12.1 Å². The van der Waals surface area contributed by atoms with Gasteiger partial charge in [-0.3, -0.25) is 4.79 Å². The van der Waals surface area contributed by atoms with Crippen LogP contribution in [0.15, 0.2) is 12.1 Å². The zero-order chi connectivity index (χ0) is 13.3. The maximum absolute atomic E-state index is 12.0. The quantitative estimate of drug-likeness (QED) is 0.604. The second-order valence-corrected chi connectivity index (χ2v) is 4.80. The highest BCUT2D eigenvalue weighted by molar-refractivity contribution is 5.93. The number of nitro groups is 1. The molecule has 1 aliphatic heterocycles. The third-order valence-corrected chi connectivity index (χ3v) is 3.23. The molecule has 98 valence electrons. The SMILES string of the molecule is CC1(O)CCN(C(=O)c2ccc([N+](=O)[O-])[nH]2)CC1. The summed E-state index contributed by atoms with van der Waals surface area (Å²) in [6, 6.07) is 2.68. The van der Waals surface area contributed by atoms with Gasteiger partial charge in [0.15, 0.2) is 5.69 Å². The van der Waals surface area contributed by atoms with Crippen LogP contribution in [-0.2, 0) is 0 Å². The van der Waals surface area contributed by atoms with Crippen molar-refractivity contribution in [3.05, 3.63) is 27.9 Å². The Hall–Kier alpha value is -1.89. The van der Waals surface area contributed by atoms with E-state index in [4.69, 9.17) is 0 Å². The number of nitrogens with one attached hydrogen (secondary N) is 1. The molecule has 7 heteroatoms. The molecule has 2 N–H and O–H groups in total. The number of likely N-dealkylation sites (tertiary alicyclic amines) is 1. The Morgan fingerprint density at radius 1 is 1.50 bits per heavy atom. The number of piperidine rings is 1. The molecule has 2 rings (SSSR count). The number of carbonyl (C=O) groups is 1. The normalized spacial score (nSPS) is 18.7. The molecule has 0 bridgehead atoms. The summed E-state index contributed by atoms with van der Waals surface area (Å²) < 4.78 is 0. The van der Waals surface area contributed by atoms with E-state index in [9.17, 15) is 20.0 Å². The van der Waals surface area contributed by atoms with Gasteiger partial charge < -0.3 is 20.1 Å². The number of rotatable bonds is 2. The number of aliphatic hydroxyl groups is 1. The summed E-state index contributed by atoms with van der Waals surface area (Å²) in [5.41, 5.74) is -0.512. The van der Waals surface area contributed by atoms with Gasteiger partial charge in [-0.1, -0.05) is 0 Å². The molecular formula is C11H15N3O4. The van der Waals surface area contributed by atoms with E-state index in [-0.39, 0.29) is 17.4 Å². The van der Waals surface area contributed by atoms with Crippen LogP contribution in [0.1, 0.15) is 30.3 Å². The van der Waals surface area contributed by atoms with Crippen LogP contribution in [0.25, 0.3) is 0 Å². The minimum Gasteiger partial charge on any atom is -0.390 e. The topological polar surface area (TPSA) is 99.5 Å². The lowest BCUT2D eigenvalue weighted by atomic mass is 9.94. The lowest BCUT2D eigenvalue weighted by molar-refractivity contribution is -0.389. The first-order chi connectivity index (χ1) is 8.39. The van der Waals surface area contributed by atoms with Crippen LogP contribution in [0.3, 0.4) is 0 Å². The summed E-state index contributed by atoms with van der Waals surface area (Å²) >= 11 is 0. The van der Waals surface area contributed by atoms with E-state index in [2.05, 4.69) is 4.98 Å². The van der Waals surface area contributed by atoms with Gasteiger partial charge in [-0.05, 0) is 30.8 Å². The molecule has 0 spiro atoms. The minimum absolute atomic E-state index is 0.192. The summed E-state index contributed by atoms with van der Waals surface area (Å²) in [5, 5.41) is 20.3. The third kappa shape index (κ3) is 2.51. The van der Waals surface area contributed by atoms with E-state index in [0.29, 0.717) is 25.9 Å². The van der Waals surface area contributed by atoms with Gasteiger partial charge in [-0.2, -0.15) is 0 Å². The van der Waals surface area contributed by atoms with Crippen LogP contribution in [0.5, 0.6) is 0 Å². The van der Waals surface area contributed by atoms with Crippen LogP contribution in [0.2, 0.25) is 0 Å². The largest absolute Gasteiger partial charge is 0.390 e. The van der Waals surface area contributed by atoms with Gasteiger partial charge >= 0.3 is 5.82 Å². The van der Waals surface area contributed by atoms with Gasteiger partial charge in [-0.25, -0.2) is 4.98 Å². The molecule has 0 unspecified atom stereocenters. The fourth-order valence-corrected chi connectivity index (χ4v) is 1.98. The molecule has 1 saturated heterocycles. The predicted octanol–water partition coefficient (Wildman–Crippen LogP) is 0.910. The number of H-pyrrole nitrogens is 1. The van der Waals surface area contributed by atoms with Crippen molar-refractivity contribution in [1.29, 1.82) is 0 Å². The number of aromatic amines is 1. The van der Waals surface area contributed by atoms with Crippen LogP contribution in [-0.4, -0.2) is 44.5 Å². The molecule has 18 heavy (non-hydrogen) atoms. The van der Waals surface area contributed by atoms with Gasteiger partial charge in [0.2, 0.25) is 0 Å². The molecule has 1 aliphatic rings.